The molecule has 1 saturated carbocycles. The number of thiophene rings is 1. The van der Waals surface area contributed by atoms with Gasteiger partial charge in [-0.3, -0.25) is 0 Å². The van der Waals surface area contributed by atoms with Gasteiger partial charge in [0, 0.05) is 19.1 Å². The van der Waals surface area contributed by atoms with E-state index in [1.807, 2.05) is 12.3 Å². The lowest BCUT2D eigenvalue weighted by molar-refractivity contribution is 0.0867. The average Bonchev–Trinajstić information content (AvgIpc) is 2.98. The van der Waals surface area contributed by atoms with E-state index in [9.17, 15) is 8.42 Å². The van der Waals surface area contributed by atoms with Gasteiger partial charge in [-0.25, -0.2) is 13.1 Å². The van der Waals surface area contributed by atoms with Crippen LogP contribution in [0, 0.1) is 12.3 Å². The Morgan fingerprint density at radius 1 is 1.42 bits per heavy atom. The lowest BCUT2D eigenvalue weighted by atomic mass is 9.87. The highest BCUT2D eigenvalue weighted by Crippen LogP contribution is 2.38. The van der Waals surface area contributed by atoms with Crippen molar-refractivity contribution in [1.82, 2.24) is 4.72 Å². The first kappa shape index (κ1) is 15.0. The summed E-state index contributed by atoms with van der Waals surface area (Å²) in [6, 6.07) is 1.71. The zero-order valence-corrected chi connectivity index (χ0v) is 13.1. The predicted octanol–water partition coefficient (Wildman–Crippen LogP) is 2.54. The maximum atomic E-state index is 12.2. The smallest absolute Gasteiger partial charge is 0.250 e. The molecule has 108 valence electrons. The molecule has 1 aliphatic rings. The summed E-state index contributed by atoms with van der Waals surface area (Å²) < 4.78 is 32.8. The molecular weight excluding hydrogens is 282 g/mol. The van der Waals surface area contributed by atoms with Crippen LogP contribution in [-0.2, 0) is 14.8 Å². The molecule has 0 atom stereocenters. The van der Waals surface area contributed by atoms with Crippen LogP contribution < -0.4 is 4.72 Å². The quantitative estimate of drug-likeness (QED) is 0.878. The van der Waals surface area contributed by atoms with Gasteiger partial charge in [0.1, 0.15) is 4.21 Å². The van der Waals surface area contributed by atoms with E-state index in [0.717, 1.165) is 31.2 Å². The van der Waals surface area contributed by atoms with Crippen LogP contribution in [0.15, 0.2) is 15.7 Å². The Hall–Kier alpha value is -0.430. The van der Waals surface area contributed by atoms with E-state index in [0.29, 0.717) is 17.4 Å². The van der Waals surface area contributed by atoms with Crippen molar-refractivity contribution in [2.24, 2.45) is 5.41 Å². The van der Waals surface area contributed by atoms with E-state index in [1.54, 1.807) is 13.2 Å². The van der Waals surface area contributed by atoms with Gasteiger partial charge in [-0.15, -0.1) is 11.3 Å². The lowest BCUT2D eigenvalue weighted by Gasteiger charge is -2.28. The number of hydrogen-bond acceptors (Lipinski definition) is 4. The molecule has 6 heteroatoms. The van der Waals surface area contributed by atoms with Gasteiger partial charge in [-0.05, 0) is 36.8 Å². The Kier molecular flexibility index (Phi) is 4.66. The van der Waals surface area contributed by atoms with Crippen LogP contribution in [0.5, 0.6) is 0 Å². The molecule has 0 radical (unpaired) electrons. The molecule has 1 aromatic heterocycles. The van der Waals surface area contributed by atoms with Crippen molar-refractivity contribution >= 4 is 21.4 Å². The number of hydrogen-bond donors (Lipinski definition) is 1. The topological polar surface area (TPSA) is 55.4 Å². The van der Waals surface area contributed by atoms with Crippen molar-refractivity contribution in [2.45, 2.75) is 36.8 Å². The number of nitrogens with one attached hydrogen (secondary N) is 1. The molecule has 0 aliphatic heterocycles. The van der Waals surface area contributed by atoms with E-state index in [-0.39, 0.29) is 5.41 Å². The molecular formula is C13H21NO3S2. The third-order valence-corrected chi connectivity index (χ3v) is 6.68. The van der Waals surface area contributed by atoms with E-state index >= 15 is 0 Å². The lowest BCUT2D eigenvalue weighted by Crippen LogP contribution is -2.38. The fourth-order valence-electron chi connectivity index (χ4n) is 2.67. The molecule has 0 unspecified atom stereocenters. The minimum atomic E-state index is -3.37. The third-order valence-electron chi connectivity index (χ3n) is 3.72. The molecule has 0 bridgehead atoms. The number of sulfonamides is 1. The summed E-state index contributed by atoms with van der Waals surface area (Å²) in [5, 5.41) is 1.86. The highest BCUT2D eigenvalue weighted by molar-refractivity contribution is 7.91. The second-order valence-corrected chi connectivity index (χ2v) is 8.31. The Labute approximate surface area is 119 Å². The van der Waals surface area contributed by atoms with E-state index in [4.69, 9.17) is 4.74 Å². The first-order valence-electron chi connectivity index (χ1n) is 6.51. The minimum absolute atomic E-state index is 0.0197. The molecule has 1 aliphatic carbocycles. The molecule has 0 amide bonds. The summed E-state index contributed by atoms with van der Waals surface area (Å²) in [6.07, 6.45) is 4.38. The van der Waals surface area contributed by atoms with Crippen LogP contribution in [0.25, 0.3) is 0 Å². The van der Waals surface area contributed by atoms with Gasteiger partial charge in [0.15, 0.2) is 0 Å². The van der Waals surface area contributed by atoms with Crippen molar-refractivity contribution in [3.8, 4) is 0 Å². The van der Waals surface area contributed by atoms with Crippen LogP contribution >= 0.6 is 11.3 Å². The zero-order chi connectivity index (χ0) is 13.9. The van der Waals surface area contributed by atoms with Gasteiger partial charge in [-0.2, -0.15) is 0 Å². The predicted molar refractivity (Wildman–Crippen MR) is 77.0 cm³/mol. The van der Waals surface area contributed by atoms with Gasteiger partial charge >= 0.3 is 0 Å². The second kappa shape index (κ2) is 5.91. The normalized spacial score (nSPS) is 18.8. The van der Waals surface area contributed by atoms with Crippen LogP contribution in [0.1, 0.15) is 31.2 Å². The average molecular weight is 303 g/mol. The summed E-state index contributed by atoms with van der Waals surface area (Å²) in [6.45, 7) is 3.00. The summed E-state index contributed by atoms with van der Waals surface area (Å²) >= 11 is 1.27. The molecule has 0 saturated heterocycles. The van der Waals surface area contributed by atoms with Crippen molar-refractivity contribution < 1.29 is 13.2 Å². The van der Waals surface area contributed by atoms with Gasteiger partial charge < -0.3 is 4.74 Å². The SMILES string of the molecule is COCC1(CNS(=O)(=O)c2cc(C)cs2)CCCC1. The number of rotatable bonds is 6. The largest absolute Gasteiger partial charge is 0.384 e. The molecule has 0 spiro atoms. The summed E-state index contributed by atoms with van der Waals surface area (Å²) in [4.78, 5) is 0. The molecule has 1 heterocycles. The maximum Gasteiger partial charge on any atom is 0.250 e. The Bertz CT molecular complexity index is 516. The van der Waals surface area contributed by atoms with Crippen molar-refractivity contribution in [3.05, 3.63) is 17.0 Å². The highest BCUT2D eigenvalue weighted by atomic mass is 32.2. The Morgan fingerprint density at radius 3 is 2.63 bits per heavy atom. The minimum Gasteiger partial charge on any atom is -0.384 e. The fraction of sp³-hybridized carbons (Fsp3) is 0.692. The van der Waals surface area contributed by atoms with Gasteiger partial charge in [-0.1, -0.05) is 12.8 Å². The zero-order valence-electron chi connectivity index (χ0n) is 11.4. The molecule has 1 aromatic rings. The summed E-state index contributed by atoms with van der Waals surface area (Å²) in [7, 11) is -1.69. The van der Waals surface area contributed by atoms with Crippen molar-refractivity contribution in [3.63, 3.8) is 0 Å². The van der Waals surface area contributed by atoms with E-state index < -0.39 is 10.0 Å². The molecule has 4 nitrogen and oxygen atoms in total. The van der Waals surface area contributed by atoms with Crippen LogP contribution in [0.2, 0.25) is 0 Å². The molecule has 0 aromatic carbocycles. The van der Waals surface area contributed by atoms with E-state index in [2.05, 4.69) is 4.72 Å². The molecule has 1 N–H and O–H groups in total. The summed E-state index contributed by atoms with van der Waals surface area (Å²) in [5.74, 6) is 0. The summed E-state index contributed by atoms with van der Waals surface area (Å²) in [5.41, 5.74) is 0.964. The first-order chi connectivity index (χ1) is 8.97. The van der Waals surface area contributed by atoms with E-state index in [1.165, 1.54) is 11.3 Å². The van der Waals surface area contributed by atoms with Crippen molar-refractivity contribution in [2.75, 3.05) is 20.3 Å². The monoisotopic (exact) mass is 303 g/mol. The number of ether oxygens (including phenoxy) is 1. The van der Waals surface area contributed by atoms with Crippen molar-refractivity contribution in [1.29, 1.82) is 0 Å². The van der Waals surface area contributed by atoms with Gasteiger partial charge in [0.2, 0.25) is 10.0 Å². The number of methoxy groups -OCH3 is 1. The second-order valence-electron chi connectivity index (χ2n) is 5.41. The Balaban J connectivity index is 2.04. The van der Waals surface area contributed by atoms with Crippen LogP contribution in [0.4, 0.5) is 0 Å². The third kappa shape index (κ3) is 3.56. The van der Waals surface area contributed by atoms with Crippen LogP contribution in [-0.4, -0.2) is 28.7 Å². The number of aryl methyl sites for hydroxylation is 1. The molecule has 1 fully saturated rings. The highest BCUT2D eigenvalue weighted by Gasteiger charge is 2.35. The maximum absolute atomic E-state index is 12.2. The molecule has 19 heavy (non-hydrogen) atoms. The van der Waals surface area contributed by atoms with Crippen LogP contribution in [0.3, 0.4) is 0 Å². The fourth-order valence-corrected chi connectivity index (χ4v) is 5.10. The first-order valence-corrected chi connectivity index (χ1v) is 8.87. The Morgan fingerprint density at radius 2 is 2.11 bits per heavy atom. The van der Waals surface area contributed by atoms with Gasteiger partial charge in [0.05, 0.1) is 6.61 Å². The van der Waals surface area contributed by atoms with Gasteiger partial charge in [0.25, 0.3) is 0 Å². The molecule has 2 rings (SSSR count). The standard InChI is InChI=1S/C13H21NO3S2/c1-11-7-12(18-8-11)19(15,16)14-9-13(10-17-2)5-3-4-6-13/h7-8,14H,3-6,9-10H2,1-2H3.